The lowest BCUT2D eigenvalue weighted by Gasteiger charge is -2.63. The predicted octanol–water partition coefficient (Wildman–Crippen LogP) is 4.01. The van der Waals surface area contributed by atoms with E-state index in [-0.39, 0.29) is 22.9 Å². The van der Waals surface area contributed by atoms with Crippen LogP contribution in [0.4, 0.5) is 0 Å². The maximum atomic E-state index is 12.0. The minimum absolute atomic E-state index is 0.0119. The highest BCUT2D eigenvalue weighted by Crippen LogP contribution is 2.72. The predicted molar refractivity (Wildman–Crippen MR) is 88.8 cm³/mol. The highest BCUT2D eigenvalue weighted by Gasteiger charge is 2.67. The number of hydrogen-bond donors (Lipinski definition) is 2. The van der Waals surface area contributed by atoms with E-state index in [4.69, 9.17) is 0 Å². The highest BCUT2D eigenvalue weighted by atomic mass is 16.4. The molecule has 3 nitrogen and oxygen atoms in total. The molecule has 128 valence electrons. The van der Waals surface area contributed by atoms with Crippen molar-refractivity contribution in [3.05, 3.63) is 12.2 Å². The molecule has 2 bridgehead atoms. The minimum atomic E-state index is -0.616. The molecule has 4 saturated carbocycles. The molecule has 0 radical (unpaired) electrons. The minimum Gasteiger partial charge on any atom is -0.481 e. The van der Waals surface area contributed by atoms with Gasteiger partial charge in [-0.05, 0) is 80.6 Å². The molecular formula is C20H30O3. The molecule has 4 aliphatic rings. The average molecular weight is 318 g/mol. The molecule has 2 unspecified atom stereocenters. The van der Waals surface area contributed by atoms with Crippen LogP contribution >= 0.6 is 0 Å². The number of aliphatic carboxylic acids is 1. The molecule has 0 heterocycles. The van der Waals surface area contributed by atoms with Gasteiger partial charge in [-0.3, -0.25) is 4.79 Å². The second-order valence-corrected chi connectivity index (χ2v) is 9.41. The zero-order valence-electron chi connectivity index (χ0n) is 14.5. The third-order valence-electron chi connectivity index (χ3n) is 8.70. The van der Waals surface area contributed by atoms with Gasteiger partial charge < -0.3 is 10.2 Å². The molecule has 4 aliphatic carbocycles. The Labute approximate surface area is 139 Å². The smallest absolute Gasteiger partial charge is 0.309 e. The van der Waals surface area contributed by atoms with Crippen LogP contribution in [0.2, 0.25) is 0 Å². The molecule has 4 fully saturated rings. The second kappa shape index (κ2) is 4.62. The monoisotopic (exact) mass is 318 g/mol. The SMILES string of the molecule is C=C1[C@H]2CCC3[C@]4(C)CCC[C@@](C)(C(=O)O)C4CC[C@]3(C2)[C@H]1O. The van der Waals surface area contributed by atoms with E-state index < -0.39 is 11.4 Å². The lowest BCUT2D eigenvalue weighted by atomic mass is 9.40. The lowest BCUT2D eigenvalue weighted by Crippen LogP contribution is -2.60. The van der Waals surface area contributed by atoms with Crippen molar-refractivity contribution in [2.24, 2.45) is 34.0 Å². The topological polar surface area (TPSA) is 57.5 Å². The normalized spacial score (nSPS) is 55.2. The molecule has 0 amide bonds. The summed E-state index contributed by atoms with van der Waals surface area (Å²) in [7, 11) is 0. The van der Waals surface area contributed by atoms with Crippen molar-refractivity contribution in [1.29, 1.82) is 0 Å². The van der Waals surface area contributed by atoms with E-state index in [1.54, 1.807) is 0 Å². The van der Waals surface area contributed by atoms with Gasteiger partial charge in [0.05, 0.1) is 11.5 Å². The van der Waals surface area contributed by atoms with Gasteiger partial charge in [0.2, 0.25) is 0 Å². The summed E-state index contributed by atoms with van der Waals surface area (Å²) in [5.74, 6) is 0.581. The maximum absolute atomic E-state index is 12.0. The molecule has 0 aromatic carbocycles. The van der Waals surface area contributed by atoms with E-state index in [1.165, 1.54) is 0 Å². The van der Waals surface area contributed by atoms with Crippen molar-refractivity contribution in [3.63, 3.8) is 0 Å². The zero-order chi connectivity index (χ0) is 16.6. The fourth-order valence-corrected chi connectivity index (χ4v) is 7.62. The first-order chi connectivity index (χ1) is 10.8. The fraction of sp³-hybridized carbons (Fsp3) is 0.850. The van der Waals surface area contributed by atoms with Gasteiger partial charge in [0.15, 0.2) is 0 Å². The molecule has 23 heavy (non-hydrogen) atoms. The molecule has 7 atom stereocenters. The number of carboxylic acid groups (broad SMARTS) is 1. The van der Waals surface area contributed by atoms with E-state index in [0.29, 0.717) is 11.8 Å². The third kappa shape index (κ3) is 1.72. The van der Waals surface area contributed by atoms with Crippen molar-refractivity contribution >= 4 is 5.97 Å². The van der Waals surface area contributed by atoms with Gasteiger partial charge >= 0.3 is 5.97 Å². The van der Waals surface area contributed by atoms with Crippen LogP contribution in [0.25, 0.3) is 0 Å². The number of aliphatic hydroxyl groups excluding tert-OH is 1. The van der Waals surface area contributed by atoms with Gasteiger partial charge in [-0.25, -0.2) is 0 Å². The molecule has 0 saturated heterocycles. The first kappa shape index (κ1) is 15.7. The van der Waals surface area contributed by atoms with Gasteiger partial charge in [0.1, 0.15) is 0 Å². The van der Waals surface area contributed by atoms with Crippen LogP contribution < -0.4 is 0 Å². The first-order valence-corrected chi connectivity index (χ1v) is 9.36. The summed E-state index contributed by atoms with van der Waals surface area (Å²) >= 11 is 0. The Balaban J connectivity index is 1.78. The fourth-order valence-electron chi connectivity index (χ4n) is 7.62. The molecule has 0 aromatic rings. The Morgan fingerprint density at radius 1 is 1.13 bits per heavy atom. The summed E-state index contributed by atoms with van der Waals surface area (Å²) in [4.78, 5) is 12.0. The standard InChI is InChI=1S/C20H30O3/c1-12-13-5-6-15-18(2)8-4-9-19(3,17(22)23)14(18)7-10-20(15,11-13)16(12)21/h13-16,21H,1,4-11H2,2-3H3,(H,22,23)/t13-,14?,15?,16-,18+,19+,20+/m0/s1. The van der Waals surface area contributed by atoms with E-state index >= 15 is 0 Å². The highest BCUT2D eigenvalue weighted by molar-refractivity contribution is 5.75. The summed E-state index contributed by atoms with van der Waals surface area (Å²) < 4.78 is 0. The van der Waals surface area contributed by atoms with E-state index in [1.807, 2.05) is 6.92 Å². The quantitative estimate of drug-likeness (QED) is 0.718. The lowest BCUT2D eigenvalue weighted by molar-refractivity contribution is -0.190. The Hall–Kier alpha value is -0.830. The van der Waals surface area contributed by atoms with Crippen molar-refractivity contribution < 1.29 is 15.0 Å². The molecule has 0 aliphatic heterocycles. The third-order valence-corrected chi connectivity index (χ3v) is 8.70. The van der Waals surface area contributed by atoms with Crippen LogP contribution in [0, 0.1) is 34.0 Å². The summed E-state index contributed by atoms with van der Waals surface area (Å²) in [6.45, 7) is 8.53. The molecule has 1 spiro atoms. The van der Waals surface area contributed by atoms with Crippen LogP contribution in [0.3, 0.4) is 0 Å². The van der Waals surface area contributed by atoms with Gasteiger partial charge in [-0.1, -0.05) is 19.9 Å². The number of fused-ring (bicyclic) bond motifs is 3. The number of carboxylic acids is 1. The first-order valence-electron chi connectivity index (χ1n) is 9.36. The van der Waals surface area contributed by atoms with Crippen LogP contribution in [0.5, 0.6) is 0 Å². The van der Waals surface area contributed by atoms with E-state index in [2.05, 4.69) is 13.5 Å². The number of hydrogen-bond acceptors (Lipinski definition) is 2. The zero-order valence-corrected chi connectivity index (χ0v) is 14.5. The van der Waals surface area contributed by atoms with E-state index in [0.717, 1.165) is 56.9 Å². The van der Waals surface area contributed by atoms with Crippen molar-refractivity contribution in [3.8, 4) is 0 Å². The molecule has 4 rings (SSSR count). The number of aliphatic hydroxyl groups is 1. The van der Waals surface area contributed by atoms with Crippen LogP contribution in [-0.4, -0.2) is 22.3 Å². The van der Waals surface area contributed by atoms with E-state index in [9.17, 15) is 15.0 Å². The largest absolute Gasteiger partial charge is 0.481 e. The number of carbonyl (C=O) groups is 1. The van der Waals surface area contributed by atoms with Gasteiger partial charge in [-0.2, -0.15) is 0 Å². The summed E-state index contributed by atoms with van der Waals surface area (Å²) in [6, 6.07) is 0. The molecule has 0 aromatic heterocycles. The van der Waals surface area contributed by atoms with Crippen molar-refractivity contribution in [1.82, 2.24) is 0 Å². The Kier molecular flexibility index (Phi) is 3.15. The van der Waals surface area contributed by atoms with Crippen molar-refractivity contribution in [2.45, 2.75) is 71.3 Å². The maximum Gasteiger partial charge on any atom is 0.309 e. The summed E-state index contributed by atoms with van der Waals surface area (Å²) in [5, 5.41) is 20.9. The Morgan fingerprint density at radius 3 is 2.57 bits per heavy atom. The molecular weight excluding hydrogens is 288 g/mol. The Morgan fingerprint density at radius 2 is 1.87 bits per heavy atom. The summed E-state index contributed by atoms with van der Waals surface area (Å²) in [5.41, 5.74) is 0.514. The van der Waals surface area contributed by atoms with Crippen LogP contribution in [-0.2, 0) is 4.79 Å². The van der Waals surface area contributed by atoms with Crippen molar-refractivity contribution in [2.75, 3.05) is 0 Å². The van der Waals surface area contributed by atoms with Gasteiger partial charge in [0.25, 0.3) is 0 Å². The van der Waals surface area contributed by atoms with Gasteiger partial charge in [0, 0.05) is 5.41 Å². The van der Waals surface area contributed by atoms with Gasteiger partial charge in [-0.15, -0.1) is 0 Å². The molecule has 2 N–H and O–H groups in total. The second-order valence-electron chi connectivity index (χ2n) is 9.41. The number of rotatable bonds is 1. The summed E-state index contributed by atoms with van der Waals surface area (Å²) in [6.07, 6.45) is 7.86. The average Bonchev–Trinajstić information content (AvgIpc) is 2.68. The Bertz CT molecular complexity index is 569. The van der Waals surface area contributed by atoms with Crippen LogP contribution in [0.15, 0.2) is 12.2 Å². The molecule has 3 heteroatoms. The van der Waals surface area contributed by atoms with Crippen LogP contribution in [0.1, 0.15) is 65.2 Å².